The van der Waals surface area contributed by atoms with Crippen molar-refractivity contribution >= 4 is 5.97 Å². The van der Waals surface area contributed by atoms with Gasteiger partial charge in [0, 0.05) is 0 Å². The molecule has 0 aliphatic carbocycles. The van der Waals surface area contributed by atoms with Crippen molar-refractivity contribution in [1.29, 1.82) is 0 Å². The van der Waals surface area contributed by atoms with Crippen LogP contribution in [0.5, 0.6) is 0 Å². The molecule has 3 heteroatoms. The summed E-state index contributed by atoms with van der Waals surface area (Å²) in [6.07, 6.45) is 1.92. The van der Waals surface area contributed by atoms with E-state index in [1.54, 1.807) is 6.92 Å². The molecule has 0 bridgehead atoms. The molecule has 0 aliphatic rings. The number of carbonyl (C=O) groups is 1. The lowest BCUT2D eigenvalue weighted by Gasteiger charge is -2.13. The molecule has 0 spiro atoms. The van der Waals surface area contributed by atoms with Gasteiger partial charge in [0.15, 0.2) is 0 Å². The van der Waals surface area contributed by atoms with Gasteiger partial charge in [-0.1, -0.05) is 13.3 Å². The number of hydrogen-bond donors (Lipinski definition) is 1. The first-order valence-electron chi connectivity index (χ1n) is 4.04. The van der Waals surface area contributed by atoms with Crippen molar-refractivity contribution in [2.45, 2.75) is 45.8 Å². The molecule has 0 aromatic carbocycles. The van der Waals surface area contributed by atoms with Crippen LogP contribution in [0.3, 0.4) is 0 Å². The maximum absolute atomic E-state index is 10.9. The van der Waals surface area contributed by atoms with Crippen LogP contribution in [0, 0.1) is 0 Å². The van der Waals surface area contributed by atoms with Crippen LogP contribution >= 0.6 is 0 Å². The first-order valence-corrected chi connectivity index (χ1v) is 4.04. The van der Waals surface area contributed by atoms with Crippen LogP contribution in [-0.4, -0.2) is 18.1 Å². The zero-order chi connectivity index (χ0) is 8.85. The molecule has 0 rings (SSSR count). The van der Waals surface area contributed by atoms with Crippen LogP contribution in [-0.2, 0) is 9.53 Å². The Morgan fingerprint density at radius 3 is 2.45 bits per heavy atom. The lowest BCUT2D eigenvalue weighted by molar-refractivity contribution is -0.149. The van der Waals surface area contributed by atoms with Gasteiger partial charge < -0.3 is 10.5 Å². The summed E-state index contributed by atoms with van der Waals surface area (Å²) in [7, 11) is 0. The Morgan fingerprint density at radius 2 is 2.09 bits per heavy atom. The monoisotopic (exact) mass is 159 g/mol. The topological polar surface area (TPSA) is 52.3 Å². The molecule has 11 heavy (non-hydrogen) atoms. The van der Waals surface area contributed by atoms with Crippen LogP contribution in [0.15, 0.2) is 0 Å². The van der Waals surface area contributed by atoms with E-state index in [1.807, 2.05) is 6.92 Å². The number of nitrogens with two attached hydrogens (primary N) is 1. The number of esters is 1. The molecule has 0 aliphatic heterocycles. The highest BCUT2D eigenvalue weighted by molar-refractivity contribution is 5.75. The fraction of sp³-hybridized carbons (Fsp3) is 0.875. The molecule has 0 aromatic heterocycles. The minimum atomic E-state index is -0.505. The van der Waals surface area contributed by atoms with Crippen molar-refractivity contribution in [3.8, 4) is 0 Å². The van der Waals surface area contributed by atoms with Crippen LogP contribution in [0.1, 0.15) is 33.6 Å². The highest BCUT2D eigenvalue weighted by Crippen LogP contribution is 2.01. The van der Waals surface area contributed by atoms with Gasteiger partial charge in [0.2, 0.25) is 0 Å². The van der Waals surface area contributed by atoms with E-state index < -0.39 is 6.04 Å². The van der Waals surface area contributed by atoms with E-state index in [4.69, 9.17) is 10.5 Å². The van der Waals surface area contributed by atoms with Crippen LogP contribution in [0.4, 0.5) is 0 Å². The first kappa shape index (κ1) is 10.4. The maximum atomic E-state index is 10.9. The lowest BCUT2D eigenvalue weighted by Crippen LogP contribution is -2.31. The Balaban J connectivity index is 3.57. The third-order valence-corrected chi connectivity index (χ3v) is 1.38. The quantitative estimate of drug-likeness (QED) is 0.624. The third-order valence-electron chi connectivity index (χ3n) is 1.38. The second kappa shape index (κ2) is 5.13. The van der Waals surface area contributed by atoms with Crippen molar-refractivity contribution < 1.29 is 9.53 Å². The molecule has 0 radical (unpaired) electrons. The van der Waals surface area contributed by atoms with Gasteiger partial charge in [0.1, 0.15) is 6.04 Å². The van der Waals surface area contributed by atoms with Crippen molar-refractivity contribution in [3.63, 3.8) is 0 Å². The summed E-state index contributed by atoms with van der Waals surface area (Å²) in [4.78, 5) is 10.9. The standard InChI is InChI=1S/C8H17NO2/c1-4-5-6(2)11-8(10)7(3)9/h6-7H,4-5,9H2,1-3H3/t6-,7+/m1/s1. The van der Waals surface area contributed by atoms with Gasteiger partial charge in [-0.25, -0.2) is 0 Å². The first-order chi connectivity index (χ1) is 5.07. The van der Waals surface area contributed by atoms with E-state index in [0.29, 0.717) is 0 Å². The second-order valence-electron chi connectivity index (χ2n) is 2.82. The van der Waals surface area contributed by atoms with E-state index in [2.05, 4.69) is 6.92 Å². The molecular formula is C8H17NO2. The van der Waals surface area contributed by atoms with E-state index in [-0.39, 0.29) is 12.1 Å². The Hall–Kier alpha value is -0.570. The average Bonchev–Trinajstić information content (AvgIpc) is 1.87. The summed E-state index contributed by atoms with van der Waals surface area (Å²) < 4.78 is 4.99. The van der Waals surface area contributed by atoms with E-state index in [1.165, 1.54) is 0 Å². The Kier molecular flexibility index (Phi) is 4.86. The maximum Gasteiger partial charge on any atom is 0.322 e. The summed E-state index contributed by atoms with van der Waals surface area (Å²) in [5.74, 6) is -0.314. The zero-order valence-corrected chi connectivity index (χ0v) is 7.46. The smallest absolute Gasteiger partial charge is 0.322 e. The molecule has 2 atom stereocenters. The van der Waals surface area contributed by atoms with Gasteiger partial charge in [0.05, 0.1) is 6.10 Å². The van der Waals surface area contributed by atoms with E-state index in [0.717, 1.165) is 12.8 Å². The summed E-state index contributed by atoms with van der Waals surface area (Å²) in [6.45, 7) is 5.56. The Labute approximate surface area is 67.9 Å². The predicted octanol–water partition coefficient (Wildman–Crippen LogP) is 1.07. The van der Waals surface area contributed by atoms with Crippen LogP contribution in [0.2, 0.25) is 0 Å². The molecule has 0 saturated heterocycles. The molecule has 2 N–H and O–H groups in total. The van der Waals surface area contributed by atoms with Gasteiger partial charge in [-0.05, 0) is 20.3 Å². The molecule has 0 aromatic rings. The van der Waals surface area contributed by atoms with Gasteiger partial charge in [0.25, 0.3) is 0 Å². The Morgan fingerprint density at radius 1 is 1.55 bits per heavy atom. The highest BCUT2D eigenvalue weighted by Gasteiger charge is 2.11. The molecule has 0 unspecified atom stereocenters. The molecular weight excluding hydrogens is 142 g/mol. The minimum Gasteiger partial charge on any atom is -0.462 e. The third kappa shape index (κ3) is 4.79. The largest absolute Gasteiger partial charge is 0.462 e. The van der Waals surface area contributed by atoms with Gasteiger partial charge >= 0.3 is 5.97 Å². The van der Waals surface area contributed by atoms with Crippen molar-refractivity contribution in [3.05, 3.63) is 0 Å². The second-order valence-corrected chi connectivity index (χ2v) is 2.82. The average molecular weight is 159 g/mol. The van der Waals surface area contributed by atoms with E-state index in [9.17, 15) is 4.79 Å². The van der Waals surface area contributed by atoms with Crippen molar-refractivity contribution in [2.75, 3.05) is 0 Å². The summed E-state index contributed by atoms with van der Waals surface area (Å²) in [5, 5.41) is 0. The lowest BCUT2D eigenvalue weighted by atomic mass is 10.2. The molecule has 0 amide bonds. The molecule has 0 fully saturated rings. The van der Waals surface area contributed by atoms with E-state index >= 15 is 0 Å². The fourth-order valence-electron chi connectivity index (χ4n) is 0.771. The number of hydrogen-bond acceptors (Lipinski definition) is 3. The minimum absolute atomic E-state index is 0.00139. The number of carbonyl (C=O) groups excluding carboxylic acids is 1. The van der Waals surface area contributed by atoms with Crippen molar-refractivity contribution in [1.82, 2.24) is 0 Å². The van der Waals surface area contributed by atoms with Crippen LogP contribution in [0.25, 0.3) is 0 Å². The van der Waals surface area contributed by atoms with Crippen molar-refractivity contribution in [2.24, 2.45) is 5.73 Å². The molecule has 66 valence electrons. The van der Waals surface area contributed by atoms with Gasteiger partial charge in [-0.3, -0.25) is 4.79 Å². The zero-order valence-electron chi connectivity index (χ0n) is 7.46. The van der Waals surface area contributed by atoms with Crippen LogP contribution < -0.4 is 5.73 Å². The predicted molar refractivity (Wildman–Crippen MR) is 44.1 cm³/mol. The van der Waals surface area contributed by atoms with Gasteiger partial charge in [-0.15, -0.1) is 0 Å². The number of ether oxygens (including phenoxy) is 1. The summed E-state index contributed by atoms with van der Waals surface area (Å²) in [6, 6.07) is -0.505. The highest BCUT2D eigenvalue weighted by atomic mass is 16.5. The number of rotatable bonds is 4. The molecule has 0 saturated carbocycles. The van der Waals surface area contributed by atoms with Gasteiger partial charge in [-0.2, -0.15) is 0 Å². The summed E-state index contributed by atoms with van der Waals surface area (Å²) in [5.41, 5.74) is 5.31. The molecule has 3 nitrogen and oxygen atoms in total. The SMILES string of the molecule is CCC[C@@H](C)OC(=O)[C@H](C)N. The fourth-order valence-corrected chi connectivity index (χ4v) is 0.771. The Bertz CT molecular complexity index is 123. The normalized spacial score (nSPS) is 15.6. The summed E-state index contributed by atoms with van der Waals surface area (Å²) >= 11 is 0. The molecule has 0 heterocycles.